The van der Waals surface area contributed by atoms with Gasteiger partial charge in [0.05, 0.1) is 0 Å². The zero-order chi connectivity index (χ0) is 7.28. The molecule has 3 nitrogen and oxygen atoms in total. The molecule has 0 aromatic rings. The second kappa shape index (κ2) is 4.69. The predicted octanol–water partition coefficient (Wildman–Crippen LogP) is 0.499. The van der Waals surface area contributed by atoms with Gasteiger partial charge >= 0.3 is 0 Å². The van der Waals surface area contributed by atoms with Crippen LogP contribution >= 0.6 is 0 Å². The van der Waals surface area contributed by atoms with Crippen molar-refractivity contribution in [3.63, 3.8) is 0 Å². The maximum Gasteiger partial charge on any atom is 0.230 e. The van der Waals surface area contributed by atoms with E-state index in [4.69, 9.17) is 0 Å². The van der Waals surface area contributed by atoms with E-state index in [1.165, 1.54) is 0 Å². The summed E-state index contributed by atoms with van der Waals surface area (Å²) in [6.07, 6.45) is 1.36. The molecule has 5 heteroatoms. The van der Waals surface area contributed by atoms with Gasteiger partial charge < -0.3 is 0 Å². The van der Waals surface area contributed by atoms with Gasteiger partial charge in [-0.25, -0.2) is 8.42 Å². The van der Waals surface area contributed by atoms with Crippen LogP contribution in [0.5, 0.6) is 0 Å². The number of hydrogen-bond donors (Lipinski definition) is 1. The first-order chi connectivity index (χ1) is 4.18. The van der Waals surface area contributed by atoms with Crippen molar-refractivity contribution in [2.75, 3.05) is 6.54 Å². The monoisotopic (exact) mass is 155 g/mol. The van der Waals surface area contributed by atoms with Gasteiger partial charge in [-0.1, -0.05) is 13.3 Å². The molecular weight excluding hydrogens is 145 g/mol. The van der Waals surface area contributed by atoms with Crippen molar-refractivity contribution < 1.29 is 12.9 Å². The first kappa shape index (κ1) is 8.84. The Kier molecular flexibility index (Phi) is 4.61. The van der Waals surface area contributed by atoms with Crippen LogP contribution < -0.4 is 0 Å². The molecule has 0 heterocycles. The molecule has 0 fully saturated rings. The third-order valence-corrected chi connectivity index (χ3v) is 1.43. The highest BCUT2D eigenvalue weighted by atomic mass is 32.2. The predicted molar refractivity (Wildman–Crippen MR) is 33.0 cm³/mol. The number of thiol groups is 1. The second-order valence-corrected chi connectivity index (χ2v) is 2.56. The Hall–Kier alpha value is -0.160. The lowest BCUT2D eigenvalue weighted by atomic mass is 10.3. The van der Waals surface area contributed by atoms with E-state index in [9.17, 15) is 12.9 Å². The Morgan fingerprint density at radius 2 is 2.11 bits per heavy atom. The molecule has 0 aliphatic heterocycles. The summed E-state index contributed by atoms with van der Waals surface area (Å²) in [7, 11) is -3.01. The fraction of sp³-hybridized carbons (Fsp3) is 1.00. The number of hydrogen-bond acceptors (Lipinski definition) is 2. The highest BCUT2D eigenvalue weighted by molar-refractivity contribution is 7.69. The van der Waals surface area contributed by atoms with Crippen LogP contribution in [0.15, 0.2) is 0 Å². The standard InChI is InChI=1S/C4H10FNO2S/c1-2-3-4-6(5)9(7)8/h9H,2-4H2,1H3. The van der Waals surface area contributed by atoms with Crippen LogP contribution in [-0.4, -0.2) is 19.5 Å². The molecule has 0 aromatic carbocycles. The molecule has 0 bridgehead atoms. The van der Waals surface area contributed by atoms with Gasteiger partial charge in [-0.15, -0.1) is 4.48 Å². The van der Waals surface area contributed by atoms with Crippen LogP contribution in [0.3, 0.4) is 0 Å². The Labute approximate surface area is 55.5 Å². The van der Waals surface area contributed by atoms with Gasteiger partial charge in [0.15, 0.2) is 0 Å². The van der Waals surface area contributed by atoms with Gasteiger partial charge in [0.2, 0.25) is 10.9 Å². The molecule has 0 aliphatic rings. The number of nitrogens with zero attached hydrogens (tertiary/aromatic N) is 1. The molecule has 0 unspecified atom stereocenters. The lowest BCUT2D eigenvalue weighted by Crippen LogP contribution is -2.11. The highest BCUT2D eigenvalue weighted by Gasteiger charge is 2.00. The molecule has 0 radical (unpaired) electrons. The van der Waals surface area contributed by atoms with Gasteiger partial charge in [0, 0.05) is 6.54 Å². The Morgan fingerprint density at radius 1 is 1.56 bits per heavy atom. The molecule has 0 aromatic heterocycles. The molecule has 56 valence electrons. The Balaban J connectivity index is 3.38. The van der Waals surface area contributed by atoms with Crippen LogP contribution in [0.4, 0.5) is 4.48 Å². The first-order valence-electron chi connectivity index (χ1n) is 2.76. The second-order valence-electron chi connectivity index (χ2n) is 1.65. The fourth-order valence-electron chi connectivity index (χ4n) is 0.370. The molecule has 0 spiro atoms. The number of unbranched alkanes of at least 4 members (excludes halogenated alkanes) is 1. The van der Waals surface area contributed by atoms with Crippen molar-refractivity contribution in [3.8, 4) is 0 Å². The zero-order valence-electron chi connectivity index (χ0n) is 5.21. The Morgan fingerprint density at radius 3 is 2.44 bits per heavy atom. The van der Waals surface area contributed by atoms with Gasteiger partial charge in [-0.05, 0) is 10.9 Å². The minimum Gasteiger partial charge on any atom is -0.213 e. The van der Waals surface area contributed by atoms with E-state index in [0.717, 1.165) is 6.42 Å². The number of halogens is 1. The van der Waals surface area contributed by atoms with Crippen molar-refractivity contribution in [1.29, 1.82) is 0 Å². The molecule has 0 saturated heterocycles. The third-order valence-electron chi connectivity index (χ3n) is 0.873. The maximum atomic E-state index is 11.9. The normalized spacial score (nSPS) is 11.1. The molecule has 9 heavy (non-hydrogen) atoms. The summed E-state index contributed by atoms with van der Waals surface area (Å²) in [6.45, 7) is 1.85. The molecule has 0 rings (SSSR count). The highest BCUT2D eigenvalue weighted by Crippen LogP contribution is 1.93. The van der Waals surface area contributed by atoms with E-state index in [2.05, 4.69) is 0 Å². The van der Waals surface area contributed by atoms with Crippen LogP contribution in [0.25, 0.3) is 0 Å². The van der Waals surface area contributed by atoms with Crippen LogP contribution in [-0.2, 0) is 10.9 Å². The van der Waals surface area contributed by atoms with E-state index in [1.54, 1.807) is 0 Å². The van der Waals surface area contributed by atoms with Gasteiger partial charge in [0.25, 0.3) is 0 Å². The van der Waals surface area contributed by atoms with Crippen molar-refractivity contribution in [3.05, 3.63) is 0 Å². The summed E-state index contributed by atoms with van der Waals surface area (Å²) in [5.74, 6) is 0. The fourth-order valence-corrected chi connectivity index (χ4v) is 0.675. The first-order valence-corrected chi connectivity index (χ1v) is 3.89. The quantitative estimate of drug-likeness (QED) is 0.474. The largest absolute Gasteiger partial charge is 0.230 e. The average Bonchev–Trinajstić information content (AvgIpc) is 1.82. The average molecular weight is 155 g/mol. The van der Waals surface area contributed by atoms with E-state index < -0.39 is 10.9 Å². The zero-order valence-corrected chi connectivity index (χ0v) is 6.10. The lowest BCUT2D eigenvalue weighted by Gasteiger charge is -1.99. The Bertz CT molecular complexity index is 129. The van der Waals surface area contributed by atoms with E-state index in [0.29, 0.717) is 6.42 Å². The topological polar surface area (TPSA) is 37.4 Å². The van der Waals surface area contributed by atoms with Crippen molar-refractivity contribution in [2.24, 2.45) is 0 Å². The molecule has 0 amide bonds. The number of rotatable bonds is 4. The summed E-state index contributed by atoms with van der Waals surface area (Å²) in [4.78, 5) is 0. The van der Waals surface area contributed by atoms with Crippen LogP contribution in [0, 0.1) is 0 Å². The third kappa shape index (κ3) is 4.35. The molecule has 0 N–H and O–H groups in total. The van der Waals surface area contributed by atoms with Gasteiger partial charge in [0.1, 0.15) is 0 Å². The van der Waals surface area contributed by atoms with Crippen LogP contribution in [0.1, 0.15) is 19.8 Å². The summed E-state index contributed by atoms with van der Waals surface area (Å²) < 4.78 is 31.4. The van der Waals surface area contributed by atoms with Gasteiger partial charge in [-0.2, -0.15) is 0 Å². The van der Waals surface area contributed by atoms with E-state index >= 15 is 0 Å². The maximum absolute atomic E-state index is 11.9. The van der Waals surface area contributed by atoms with E-state index in [-0.39, 0.29) is 11.1 Å². The summed E-state index contributed by atoms with van der Waals surface area (Å²) in [6, 6.07) is 0. The molecular formula is C4H10FNO2S. The van der Waals surface area contributed by atoms with Crippen LogP contribution in [0.2, 0.25) is 0 Å². The minimum absolute atomic E-state index is 0.0186. The van der Waals surface area contributed by atoms with Crippen molar-refractivity contribution >= 4 is 10.9 Å². The summed E-state index contributed by atoms with van der Waals surface area (Å²) in [5.41, 5.74) is 0. The lowest BCUT2D eigenvalue weighted by molar-refractivity contribution is 0.143. The van der Waals surface area contributed by atoms with E-state index in [1.807, 2.05) is 6.92 Å². The minimum atomic E-state index is -3.01. The molecule has 0 atom stereocenters. The summed E-state index contributed by atoms with van der Waals surface area (Å²) in [5, 5.41) is 0. The molecule has 0 saturated carbocycles. The van der Waals surface area contributed by atoms with Gasteiger partial charge in [-0.3, -0.25) is 0 Å². The smallest absolute Gasteiger partial charge is 0.213 e. The van der Waals surface area contributed by atoms with Crippen molar-refractivity contribution in [2.45, 2.75) is 19.8 Å². The SMILES string of the molecule is CCCCN(F)[SH](=O)=O. The molecule has 0 aliphatic carbocycles. The summed E-state index contributed by atoms with van der Waals surface area (Å²) >= 11 is 0. The van der Waals surface area contributed by atoms with Crippen molar-refractivity contribution in [1.82, 2.24) is 4.53 Å².